The van der Waals surface area contributed by atoms with E-state index in [1.807, 2.05) is 0 Å². The van der Waals surface area contributed by atoms with Gasteiger partial charge in [-0.1, -0.05) is 76.0 Å². The van der Waals surface area contributed by atoms with E-state index in [2.05, 4.69) is 59.0 Å². The SMILES string of the molecule is CCC(C)/C=C(\C)[C@H]1C(C)=CC2(C)C[C@@H](C)CC[C@@H]2C1C(=O)C1=CC(O)(Cc2ccc(O)cc2)NC1=O. The van der Waals surface area contributed by atoms with Gasteiger partial charge in [0.15, 0.2) is 11.5 Å². The summed E-state index contributed by atoms with van der Waals surface area (Å²) < 4.78 is 0. The zero-order chi connectivity index (χ0) is 27.1. The summed E-state index contributed by atoms with van der Waals surface area (Å²) in [6.07, 6.45) is 10.4. The number of hydrogen-bond acceptors (Lipinski definition) is 4. The van der Waals surface area contributed by atoms with Crippen LogP contribution in [0, 0.1) is 35.0 Å². The van der Waals surface area contributed by atoms with Crippen LogP contribution in [-0.4, -0.2) is 27.6 Å². The fourth-order valence-electron chi connectivity index (χ4n) is 7.31. The number of benzene rings is 1. The van der Waals surface area contributed by atoms with E-state index in [1.54, 1.807) is 24.3 Å². The number of aromatic hydroxyl groups is 1. The molecule has 1 heterocycles. The molecule has 0 radical (unpaired) electrons. The molecule has 0 bridgehead atoms. The first-order chi connectivity index (χ1) is 17.4. The number of carbonyl (C=O) groups is 2. The molecule has 1 aromatic rings. The number of Topliss-reactive ketones (excluding diaryl/α,β-unsaturated/α-hetero) is 1. The molecule has 0 saturated heterocycles. The van der Waals surface area contributed by atoms with E-state index in [-0.39, 0.29) is 46.7 Å². The molecule has 5 heteroatoms. The average Bonchev–Trinajstić information content (AvgIpc) is 3.12. The van der Waals surface area contributed by atoms with Gasteiger partial charge < -0.3 is 15.5 Å². The van der Waals surface area contributed by atoms with Crippen molar-refractivity contribution in [1.29, 1.82) is 0 Å². The second-order valence-corrected chi connectivity index (χ2v) is 12.3. The lowest BCUT2D eigenvalue weighted by molar-refractivity contribution is -0.129. The number of fused-ring (bicyclic) bond motifs is 1. The normalized spacial score (nSPS) is 34.8. The van der Waals surface area contributed by atoms with Gasteiger partial charge >= 0.3 is 0 Å². The number of carbonyl (C=O) groups excluding carboxylic acids is 2. The number of rotatable bonds is 7. The Morgan fingerprint density at radius 3 is 2.54 bits per heavy atom. The van der Waals surface area contributed by atoms with Crippen LogP contribution in [0.1, 0.15) is 72.8 Å². The van der Waals surface area contributed by atoms with Crippen LogP contribution in [0.4, 0.5) is 0 Å². The van der Waals surface area contributed by atoms with Crippen LogP contribution in [0.25, 0.3) is 0 Å². The lowest BCUT2D eigenvalue weighted by atomic mass is 9.52. The van der Waals surface area contributed by atoms with Crippen molar-refractivity contribution in [3.63, 3.8) is 0 Å². The van der Waals surface area contributed by atoms with Crippen LogP contribution >= 0.6 is 0 Å². The molecule has 200 valence electrons. The molecular formula is C32H43NO4. The van der Waals surface area contributed by atoms with Crippen LogP contribution in [0.5, 0.6) is 5.75 Å². The van der Waals surface area contributed by atoms with E-state index in [9.17, 15) is 19.8 Å². The number of aliphatic hydroxyl groups is 1. The zero-order valence-corrected chi connectivity index (χ0v) is 23.2. The maximum absolute atomic E-state index is 14.4. The molecule has 1 aromatic carbocycles. The summed E-state index contributed by atoms with van der Waals surface area (Å²) >= 11 is 0. The summed E-state index contributed by atoms with van der Waals surface area (Å²) in [5.74, 6) is 0.236. The highest BCUT2D eigenvalue weighted by Gasteiger charge is 2.53. The third kappa shape index (κ3) is 5.47. The molecule has 1 aliphatic heterocycles. The topological polar surface area (TPSA) is 86.6 Å². The predicted octanol–water partition coefficient (Wildman–Crippen LogP) is 5.88. The molecule has 1 fully saturated rings. The van der Waals surface area contributed by atoms with Gasteiger partial charge in [-0.25, -0.2) is 0 Å². The minimum Gasteiger partial charge on any atom is -0.508 e. The van der Waals surface area contributed by atoms with E-state index >= 15 is 0 Å². The number of nitrogens with one attached hydrogen (secondary N) is 1. The minimum atomic E-state index is -1.64. The quantitative estimate of drug-likeness (QED) is 0.319. The fraction of sp³-hybridized carbons (Fsp3) is 0.562. The average molecular weight is 506 g/mol. The monoisotopic (exact) mass is 505 g/mol. The van der Waals surface area contributed by atoms with Gasteiger partial charge in [-0.3, -0.25) is 9.59 Å². The van der Waals surface area contributed by atoms with Gasteiger partial charge in [0.05, 0.1) is 5.57 Å². The molecule has 37 heavy (non-hydrogen) atoms. The van der Waals surface area contributed by atoms with Gasteiger partial charge in [0.25, 0.3) is 5.91 Å². The van der Waals surface area contributed by atoms with Gasteiger partial charge in [-0.05, 0) is 73.6 Å². The minimum absolute atomic E-state index is 0.0486. The second-order valence-electron chi connectivity index (χ2n) is 12.3. The smallest absolute Gasteiger partial charge is 0.257 e. The van der Waals surface area contributed by atoms with Crippen molar-refractivity contribution in [2.75, 3.05) is 0 Å². The molecule has 3 aliphatic rings. The van der Waals surface area contributed by atoms with Gasteiger partial charge in [0.1, 0.15) is 5.75 Å². The van der Waals surface area contributed by atoms with Crippen molar-refractivity contribution in [3.8, 4) is 5.75 Å². The summed E-state index contributed by atoms with van der Waals surface area (Å²) in [4.78, 5) is 27.5. The maximum Gasteiger partial charge on any atom is 0.257 e. The molecule has 4 unspecified atom stereocenters. The summed E-state index contributed by atoms with van der Waals surface area (Å²) in [5, 5.41) is 23.5. The number of amides is 1. The van der Waals surface area contributed by atoms with E-state index in [0.29, 0.717) is 11.8 Å². The van der Waals surface area contributed by atoms with Crippen molar-refractivity contribution >= 4 is 11.7 Å². The molecule has 1 amide bonds. The molecule has 4 rings (SSSR count). The first-order valence-corrected chi connectivity index (χ1v) is 13.8. The van der Waals surface area contributed by atoms with Crippen molar-refractivity contribution in [2.24, 2.45) is 35.0 Å². The highest BCUT2D eigenvalue weighted by atomic mass is 16.3. The molecule has 7 atom stereocenters. The highest BCUT2D eigenvalue weighted by Crippen LogP contribution is 2.56. The maximum atomic E-state index is 14.4. The number of phenolic OH excluding ortho intramolecular Hbond substituents is 1. The molecule has 5 nitrogen and oxygen atoms in total. The first kappa shape index (κ1) is 27.4. The van der Waals surface area contributed by atoms with E-state index in [0.717, 1.165) is 31.2 Å². The standard InChI is InChI=1S/C32H43NO4/c1-7-19(2)14-21(4)27-22(5)16-31(6)15-20(3)8-13-26(31)28(27)29(35)25-18-32(37,33-30(25)36)17-23-9-11-24(34)12-10-23/h9-12,14,16,18-20,26-28,34,37H,7-8,13,15,17H2,1-6H3,(H,33,36)/b21-14+/t19?,20-,26+,27-,28?,31?,32?/m0/s1. The number of allylic oxidation sites excluding steroid dienone is 4. The predicted molar refractivity (Wildman–Crippen MR) is 147 cm³/mol. The van der Waals surface area contributed by atoms with Gasteiger partial charge in [-0.2, -0.15) is 0 Å². The third-order valence-corrected chi connectivity index (χ3v) is 9.06. The summed E-state index contributed by atoms with van der Waals surface area (Å²) in [6, 6.07) is 6.50. The summed E-state index contributed by atoms with van der Waals surface area (Å²) in [5.41, 5.74) is 1.50. The Hall–Kier alpha value is -2.66. The van der Waals surface area contributed by atoms with E-state index in [1.165, 1.54) is 17.2 Å². The largest absolute Gasteiger partial charge is 0.508 e. The van der Waals surface area contributed by atoms with Gasteiger partial charge in [0, 0.05) is 18.3 Å². The Labute approximate surface area is 221 Å². The third-order valence-electron chi connectivity index (χ3n) is 9.06. The summed E-state index contributed by atoms with van der Waals surface area (Å²) in [7, 11) is 0. The van der Waals surface area contributed by atoms with Crippen molar-refractivity contribution in [2.45, 2.75) is 79.4 Å². The van der Waals surface area contributed by atoms with Gasteiger partial charge in [-0.15, -0.1) is 0 Å². The molecule has 2 aliphatic carbocycles. The highest BCUT2D eigenvalue weighted by molar-refractivity contribution is 6.22. The molecular weight excluding hydrogens is 462 g/mol. The Balaban J connectivity index is 1.73. The fourth-order valence-corrected chi connectivity index (χ4v) is 7.31. The van der Waals surface area contributed by atoms with Gasteiger partial charge in [0.2, 0.25) is 0 Å². The van der Waals surface area contributed by atoms with E-state index < -0.39 is 11.6 Å². The Morgan fingerprint density at radius 2 is 1.89 bits per heavy atom. The zero-order valence-electron chi connectivity index (χ0n) is 23.2. The van der Waals surface area contributed by atoms with Crippen LogP contribution < -0.4 is 5.32 Å². The molecule has 0 aromatic heterocycles. The lowest BCUT2D eigenvalue weighted by Gasteiger charge is -2.52. The molecule has 3 N–H and O–H groups in total. The first-order valence-electron chi connectivity index (χ1n) is 13.8. The Bertz CT molecular complexity index is 1150. The Morgan fingerprint density at radius 1 is 1.22 bits per heavy atom. The molecule has 1 saturated carbocycles. The molecule has 0 spiro atoms. The number of ketones is 1. The van der Waals surface area contributed by atoms with Crippen LogP contribution in [0.3, 0.4) is 0 Å². The van der Waals surface area contributed by atoms with E-state index in [4.69, 9.17) is 0 Å². The number of hydrogen-bond donors (Lipinski definition) is 3. The number of phenols is 1. The van der Waals surface area contributed by atoms with Crippen LogP contribution in [0.2, 0.25) is 0 Å². The van der Waals surface area contributed by atoms with Crippen molar-refractivity contribution < 1.29 is 19.8 Å². The van der Waals surface area contributed by atoms with Crippen LogP contribution in [0.15, 0.2) is 59.2 Å². The second kappa shape index (κ2) is 10.2. The van der Waals surface area contributed by atoms with Crippen LogP contribution in [-0.2, 0) is 16.0 Å². The summed E-state index contributed by atoms with van der Waals surface area (Å²) in [6.45, 7) is 13.2. The van der Waals surface area contributed by atoms with Crippen molar-refractivity contribution in [3.05, 3.63) is 64.8 Å². The lowest BCUT2D eigenvalue weighted by Crippen LogP contribution is -2.48. The Kier molecular flexibility index (Phi) is 7.58. The van der Waals surface area contributed by atoms with Crippen molar-refractivity contribution in [1.82, 2.24) is 5.32 Å².